The molecule has 1 atom stereocenters. The van der Waals surface area contributed by atoms with E-state index in [1.165, 1.54) is 4.90 Å². The summed E-state index contributed by atoms with van der Waals surface area (Å²) in [6.45, 7) is 6.66. The summed E-state index contributed by atoms with van der Waals surface area (Å²) in [5.41, 5.74) is 5.99. The molecule has 1 N–H and O–H groups in total. The Morgan fingerprint density at radius 3 is 2.58 bits per heavy atom. The molecule has 1 fully saturated rings. The Labute approximate surface area is 230 Å². The highest BCUT2D eigenvalue weighted by Gasteiger charge is 2.35. The summed E-state index contributed by atoms with van der Waals surface area (Å²) in [4.78, 5) is 15.8. The number of aromatic nitrogens is 4. The van der Waals surface area contributed by atoms with E-state index in [-0.39, 0.29) is 17.6 Å². The van der Waals surface area contributed by atoms with Gasteiger partial charge >= 0.3 is 0 Å². The third kappa shape index (κ3) is 3.52. The third-order valence-electron chi connectivity index (χ3n) is 8.08. The molecule has 9 nitrogen and oxygen atoms in total. The number of nitrogens with one attached hydrogen (secondary N) is 1. The van der Waals surface area contributed by atoms with Crippen LogP contribution in [0, 0.1) is 31.0 Å². The van der Waals surface area contributed by atoms with Crippen molar-refractivity contribution in [2.75, 3.05) is 16.3 Å². The quantitative estimate of drug-likeness (QED) is 0.374. The molecular formula is C30H27FN8O. The first-order chi connectivity index (χ1) is 19.4. The minimum absolute atomic E-state index is 0.0234. The van der Waals surface area contributed by atoms with Crippen LogP contribution in [0.25, 0.3) is 16.6 Å². The lowest BCUT2D eigenvalue weighted by molar-refractivity contribution is 0.538. The Morgan fingerprint density at radius 2 is 1.88 bits per heavy atom. The van der Waals surface area contributed by atoms with Gasteiger partial charge in [0, 0.05) is 37.0 Å². The Morgan fingerprint density at radius 1 is 1.12 bits per heavy atom. The topological polar surface area (TPSA) is 95.0 Å². The predicted molar refractivity (Wildman–Crippen MR) is 149 cm³/mol. The number of benzene rings is 2. The van der Waals surface area contributed by atoms with Gasteiger partial charge in [0.2, 0.25) is 5.82 Å². The summed E-state index contributed by atoms with van der Waals surface area (Å²) < 4.78 is 19.6. The Bertz CT molecular complexity index is 1810. The number of rotatable bonds is 4. The maximum atomic E-state index is 15.9. The second-order valence-electron chi connectivity index (χ2n) is 10.7. The molecule has 3 aliphatic rings. The van der Waals surface area contributed by atoms with Crippen LogP contribution in [0.1, 0.15) is 59.8 Å². The van der Waals surface area contributed by atoms with Gasteiger partial charge in [-0.15, -0.1) is 0 Å². The van der Waals surface area contributed by atoms with E-state index in [2.05, 4.69) is 29.3 Å². The predicted octanol–water partition coefficient (Wildman–Crippen LogP) is 4.86. The molecule has 0 amide bonds. The second kappa shape index (κ2) is 8.91. The Kier molecular flexibility index (Phi) is 5.42. The fourth-order valence-corrected chi connectivity index (χ4v) is 5.98. The normalized spacial score (nSPS) is 18.4. The van der Waals surface area contributed by atoms with Crippen LogP contribution in [-0.2, 0) is 11.2 Å². The van der Waals surface area contributed by atoms with Crippen molar-refractivity contribution >= 4 is 28.3 Å². The van der Waals surface area contributed by atoms with Crippen LogP contribution in [-0.4, -0.2) is 32.0 Å². The number of aryl methyl sites for hydroxylation is 2. The van der Waals surface area contributed by atoms with E-state index in [0.29, 0.717) is 22.8 Å². The van der Waals surface area contributed by atoms with Gasteiger partial charge in [-0.2, -0.15) is 15.5 Å². The van der Waals surface area contributed by atoms with Crippen LogP contribution in [0.3, 0.4) is 0 Å². The number of carbonyl (C=O) groups excluding carboxylic acids is 1. The van der Waals surface area contributed by atoms with Crippen molar-refractivity contribution in [3.63, 3.8) is 0 Å². The zero-order valence-electron chi connectivity index (χ0n) is 22.4. The molecule has 10 heteroatoms. The van der Waals surface area contributed by atoms with Crippen molar-refractivity contribution in [1.29, 1.82) is 5.26 Å². The minimum atomic E-state index is -0.437. The molecule has 1 aliphatic carbocycles. The summed E-state index contributed by atoms with van der Waals surface area (Å²) in [6, 6.07) is 9.98. The number of halogens is 1. The number of anilines is 2. The van der Waals surface area contributed by atoms with Crippen molar-refractivity contribution < 1.29 is 9.18 Å². The molecule has 0 unspecified atom stereocenters. The lowest BCUT2D eigenvalue weighted by Crippen LogP contribution is -2.30. The van der Waals surface area contributed by atoms with Crippen molar-refractivity contribution in [3.05, 3.63) is 82.4 Å². The lowest BCUT2D eigenvalue weighted by atomic mass is 10.0. The molecule has 2 aromatic heterocycles. The monoisotopic (exact) mass is 534 g/mol. The van der Waals surface area contributed by atoms with E-state index in [4.69, 9.17) is 5.10 Å². The maximum Gasteiger partial charge on any atom is 0.210 e. The minimum Gasteiger partial charge on any atom is -0.310 e. The van der Waals surface area contributed by atoms with Crippen molar-refractivity contribution in [2.45, 2.75) is 52.1 Å². The van der Waals surface area contributed by atoms with Gasteiger partial charge in [-0.3, -0.25) is 14.5 Å². The van der Waals surface area contributed by atoms with Crippen LogP contribution in [0.4, 0.5) is 15.9 Å². The second-order valence-corrected chi connectivity index (χ2v) is 10.7. The van der Waals surface area contributed by atoms with Crippen LogP contribution >= 0.6 is 0 Å². The number of nitrogens with zero attached hydrogens (tertiary/aromatic N) is 7. The molecule has 2 aliphatic heterocycles. The van der Waals surface area contributed by atoms with E-state index >= 15 is 4.39 Å². The first-order valence-corrected chi connectivity index (χ1v) is 13.5. The highest BCUT2D eigenvalue weighted by atomic mass is 19.1. The van der Waals surface area contributed by atoms with Gasteiger partial charge in [0.25, 0.3) is 0 Å². The molecule has 0 radical (unpaired) electrons. The molecular weight excluding hydrogens is 507 g/mol. The Balaban J connectivity index is 1.35. The first kappa shape index (κ1) is 24.3. The molecule has 0 bridgehead atoms. The van der Waals surface area contributed by atoms with Crippen LogP contribution in [0.2, 0.25) is 0 Å². The van der Waals surface area contributed by atoms with E-state index in [0.717, 1.165) is 59.4 Å². The smallest absolute Gasteiger partial charge is 0.210 e. The molecule has 1 saturated carbocycles. The number of nitriles is 1. The fraction of sp³-hybridized carbons (Fsp3) is 0.300. The molecule has 40 heavy (non-hydrogen) atoms. The number of hydrogen-bond acceptors (Lipinski definition) is 7. The summed E-state index contributed by atoms with van der Waals surface area (Å²) in [5, 5.41) is 22.9. The van der Waals surface area contributed by atoms with Gasteiger partial charge in [-0.25, -0.2) is 13.9 Å². The largest absolute Gasteiger partial charge is 0.310 e. The molecule has 0 spiro atoms. The zero-order chi connectivity index (χ0) is 27.7. The van der Waals surface area contributed by atoms with Gasteiger partial charge in [0.1, 0.15) is 5.82 Å². The SMILES string of the molecule is Cc1cc(-n2nc3c(c2N2C=CN(c4ccc5c(cnn5C5CC5)c4F)C2=C=O)[C@H](C)NCC3)cc(C)c1C#N. The molecule has 4 heterocycles. The standard InChI is InChI=1S/C30H27FN8O/c1-17-12-21(13-18(2)22(17)14-32)39-30(28-19(3)33-9-8-24(28)35-39)37-11-10-36(27(37)16-40)26-7-6-25-23(29(26)31)15-34-38(25)20-4-5-20/h6-7,10-13,15,19-20,33H,4-5,8-9H2,1-3H3/t19-/m0/s1. The molecule has 7 rings (SSSR count). The zero-order valence-corrected chi connectivity index (χ0v) is 22.4. The van der Waals surface area contributed by atoms with Crippen molar-refractivity contribution in [1.82, 2.24) is 24.9 Å². The summed E-state index contributed by atoms with van der Waals surface area (Å²) in [5.74, 6) is 2.44. The number of hydrogen-bond donors (Lipinski definition) is 1. The van der Waals surface area contributed by atoms with E-state index in [1.807, 2.05) is 41.4 Å². The lowest BCUT2D eigenvalue weighted by Gasteiger charge is -2.27. The van der Waals surface area contributed by atoms with E-state index in [9.17, 15) is 10.1 Å². The van der Waals surface area contributed by atoms with Gasteiger partial charge in [-0.05, 0) is 69.0 Å². The van der Waals surface area contributed by atoms with Gasteiger partial charge in [0.05, 0.1) is 51.8 Å². The molecule has 2 aromatic carbocycles. The van der Waals surface area contributed by atoms with Gasteiger partial charge in [-0.1, -0.05) is 0 Å². The van der Waals surface area contributed by atoms with E-state index in [1.54, 1.807) is 29.6 Å². The fourth-order valence-electron chi connectivity index (χ4n) is 5.98. The summed E-state index contributed by atoms with van der Waals surface area (Å²) in [7, 11) is 0. The summed E-state index contributed by atoms with van der Waals surface area (Å²) in [6.07, 6.45) is 7.80. The van der Waals surface area contributed by atoms with Crippen molar-refractivity contribution in [2.24, 2.45) is 0 Å². The highest BCUT2D eigenvalue weighted by molar-refractivity contribution is 5.87. The average Bonchev–Trinajstić information content (AvgIpc) is 3.37. The third-order valence-corrected chi connectivity index (χ3v) is 8.08. The number of fused-ring (bicyclic) bond motifs is 2. The summed E-state index contributed by atoms with van der Waals surface area (Å²) >= 11 is 0. The van der Waals surface area contributed by atoms with Gasteiger partial charge < -0.3 is 5.32 Å². The van der Waals surface area contributed by atoms with E-state index < -0.39 is 5.82 Å². The maximum absolute atomic E-state index is 15.9. The van der Waals surface area contributed by atoms with Crippen LogP contribution in [0.5, 0.6) is 0 Å². The molecule has 0 saturated heterocycles. The highest BCUT2D eigenvalue weighted by Crippen LogP contribution is 2.42. The first-order valence-electron chi connectivity index (χ1n) is 13.5. The molecule has 4 aromatic rings. The van der Waals surface area contributed by atoms with Gasteiger partial charge in [0.15, 0.2) is 11.8 Å². The van der Waals surface area contributed by atoms with Crippen molar-refractivity contribution in [3.8, 4) is 11.8 Å². The van der Waals surface area contributed by atoms with Crippen LogP contribution < -0.4 is 15.1 Å². The average molecular weight is 535 g/mol. The van der Waals surface area contributed by atoms with Crippen LogP contribution in [0.15, 0.2) is 48.7 Å². The molecule has 200 valence electrons. The Hall–Kier alpha value is -4.71.